The van der Waals surface area contributed by atoms with E-state index in [1.165, 1.54) is 0 Å². The highest BCUT2D eigenvalue weighted by Crippen LogP contribution is 2.35. The molecule has 0 aliphatic carbocycles. The molecule has 1 N–H and O–H groups in total. The average Bonchev–Trinajstić information content (AvgIpc) is 2.31. The third-order valence-electron chi connectivity index (χ3n) is 2.51. The number of halogens is 3. The molecule has 1 unspecified atom stereocenters. The van der Waals surface area contributed by atoms with Crippen LogP contribution in [0.1, 0.15) is 24.9 Å². The highest BCUT2D eigenvalue weighted by molar-refractivity contribution is 7.98. The maximum Gasteiger partial charge on any atom is 0.0781 e. The minimum atomic E-state index is 0.180. The van der Waals surface area contributed by atoms with Crippen molar-refractivity contribution < 1.29 is 0 Å². The standard InChI is InChI=1S/C12H16Cl3NS/c1-8(16-6-3-7-17-2)9-4-5-10(13)12(15)11(9)14/h4-5,8,16H,3,6-7H2,1-2H3. The Labute approximate surface area is 122 Å². The second kappa shape index (κ2) is 7.75. The molecule has 0 aromatic heterocycles. The van der Waals surface area contributed by atoms with E-state index in [0.29, 0.717) is 15.1 Å². The molecule has 96 valence electrons. The van der Waals surface area contributed by atoms with Gasteiger partial charge in [-0.05, 0) is 43.5 Å². The monoisotopic (exact) mass is 311 g/mol. The van der Waals surface area contributed by atoms with E-state index < -0.39 is 0 Å². The van der Waals surface area contributed by atoms with Crippen LogP contribution in [-0.4, -0.2) is 18.6 Å². The molecule has 1 aromatic rings. The lowest BCUT2D eigenvalue weighted by Gasteiger charge is -2.16. The Morgan fingerprint density at radius 2 is 1.94 bits per heavy atom. The van der Waals surface area contributed by atoms with Crippen molar-refractivity contribution in [2.75, 3.05) is 18.6 Å². The van der Waals surface area contributed by atoms with Crippen LogP contribution >= 0.6 is 46.6 Å². The summed E-state index contributed by atoms with van der Waals surface area (Å²) >= 11 is 19.9. The molecule has 5 heteroatoms. The Bertz CT molecular complexity index is 371. The Morgan fingerprint density at radius 1 is 1.24 bits per heavy atom. The minimum Gasteiger partial charge on any atom is -0.310 e. The summed E-state index contributed by atoms with van der Waals surface area (Å²) in [6, 6.07) is 3.88. The number of benzene rings is 1. The molecule has 1 aromatic carbocycles. The topological polar surface area (TPSA) is 12.0 Å². The number of hydrogen-bond donors (Lipinski definition) is 1. The first-order chi connectivity index (χ1) is 8.07. The van der Waals surface area contributed by atoms with Gasteiger partial charge in [-0.25, -0.2) is 0 Å². The van der Waals surface area contributed by atoms with Gasteiger partial charge in [-0.2, -0.15) is 11.8 Å². The van der Waals surface area contributed by atoms with Crippen molar-refractivity contribution in [2.24, 2.45) is 0 Å². The van der Waals surface area contributed by atoms with E-state index in [0.717, 1.165) is 24.3 Å². The fourth-order valence-electron chi connectivity index (χ4n) is 1.52. The number of hydrogen-bond acceptors (Lipinski definition) is 2. The van der Waals surface area contributed by atoms with Crippen LogP contribution in [-0.2, 0) is 0 Å². The van der Waals surface area contributed by atoms with Crippen molar-refractivity contribution in [1.82, 2.24) is 5.32 Å². The molecule has 17 heavy (non-hydrogen) atoms. The molecule has 0 bridgehead atoms. The van der Waals surface area contributed by atoms with Crippen LogP contribution in [0.2, 0.25) is 15.1 Å². The average molecular weight is 313 g/mol. The van der Waals surface area contributed by atoms with Crippen LogP contribution in [0.25, 0.3) is 0 Å². The third kappa shape index (κ3) is 4.53. The molecular weight excluding hydrogens is 297 g/mol. The molecule has 0 aliphatic heterocycles. The predicted molar refractivity (Wildman–Crippen MR) is 80.9 cm³/mol. The largest absolute Gasteiger partial charge is 0.310 e. The Morgan fingerprint density at radius 3 is 2.59 bits per heavy atom. The van der Waals surface area contributed by atoms with E-state index in [4.69, 9.17) is 34.8 Å². The highest BCUT2D eigenvalue weighted by Gasteiger charge is 2.13. The van der Waals surface area contributed by atoms with Gasteiger partial charge in [0.1, 0.15) is 0 Å². The molecular formula is C12H16Cl3NS. The number of nitrogens with one attached hydrogen (secondary N) is 1. The lowest BCUT2D eigenvalue weighted by atomic mass is 10.1. The lowest BCUT2D eigenvalue weighted by Crippen LogP contribution is -2.20. The fourth-order valence-corrected chi connectivity index (χ4v) is 2.66. The van der Waals surface area contributed by atoms with Crippen LogP contribution in [0, 0.1) is 0 Å². The molecule has 0 saturated heterocycles. The fraction of sp³-hybridized carbons (Fsp3) is 0.500. The van der Waals surface area contributed by atoms with E-state index >= 15 is 0 Å². The summed E-state index contributed by atoms with van der Waals surface area (Å²) in [5.74, 6) is 1.16. The van der Waals surface area contributed by atoms with Crippen molar-refractivity contribution in [3.05, 3.63) is 32.8 Å². The second-order valence-corrected chi connectivity index (χ2v) is 5.94. The molecule has 0 fully saturated rings. The number of rotatable bonds is 6. The molecule has 1 rings (SSSR count). The van der Waals surface area contributed by atoms with Crippen LogP contribution in [0.15, 0.2) is 12.1 Å². The molecule has 0 saturated carbocycles. The van der Waals surface area contributed by atoms with E-state index in [1.807, 2.05) is 17.8 Å². The first kappa shape index (κ1) is 15.5. The van der Waals surface area contributed by atoms with Gasteiger partial charge < -0.3 is 5.32 Å². The van der Waals surface area contributed by atoms with Gasteiger partial charge in [-0.1, -0.05) is 40.9 Å². The molecule has 1 atom stereocenters. The quantitative estimate of drug-likeness (QED) is 0.582. The summed E-state index contributed by atoms with van der Waals surface area (Å²) in [6.07, 6.45) is 3.25. The SMILES string of the molecule is CSCCCNC(C)c1ccc(Cl)c(Cl)c1Cl. The highest BCUT2D eigenvalue weighted by atomic mass is 35.5. The third-order valence-corrected chi connectivity index (χ3v) is 4.51. The molecule has 1 nitrogen and oxygen atoms in total. The van der Waals surface area contributed by atoms with Gasteiger partial charge in [0.2, 0.25) is 0 Å². The van der Waals surface area contributed by atoms with Crippen LogP contribution in [0.3, 0.4) is 0 Å². The van der Waals surface area contributed by atoms with Crippen molar-refractivity contribution in [3.8, 4) is 0 Å². The van der Waals surface area contributed by atoms with Crippen molar-refractivity contribution >= 4 is 46.6 Å². The normalized spacial score (nSPS) is 12.8. The zero-order valence-corrected chi connectivity index (χ0v) is 13.0. The molecule has 0 radical (unpaired) electrons. The van der Waals surface area contributed by atoms with Gasteiger partial charge in [0, 0.05) is 6.04 Å². The summed E-state index contributed by atoms with van der Waals surface area (Å²) in [4.78, 5) is 0. The van der Waals surface area contributed by atoms with Crippen molar-refractivity contribution in [2.45, 2.75) is 19.4 Å². The first-order valence-electron chi connectivity index (χ1n) is 5.43. The molecule has 0 heterocycles. The molecule has 0 amide bonds. The lowest BCUT2D eigenvalue weighted by molar-refractivity contribution is 0.573. The summed E-state index contributed by atoms with van der Waals surface area (Å²) in [5.41, 5.74) is 0.991. The van der Waals surface area contributed by atoms with Gasteiger partial charge in [-0.3, -0.25) is 0 Å². The number of thioether (sulfide) groups is 1. The zero-order chi connectivity index (χ0) is 12.8. The maximum atomic E-state index is 6.17. The predicted octanol–water partition coefficient (Wildman–Crippen LogP) is 5.05. The minimum absolute atomic E-state index is 0.180. The van der Waals surface area contributed by atoms with E-state index in [9.17, 15) is 0 Å². The molecule has 0 spiro atoms. The summed E-state index contributed by atoms with van der Waals surface area (Å²) in [5, 5.41) is 4.90. The Kier molecular flexibility index (Phi) is 7.05. The van der Waals surface area contributed by atoms with Gasteiger partial charge in [0.15, 0.2) is 0 Å². The van der Waals surface area contributed by atoms with Crippen LogP contribution in [0.4, 0.5) is 0 Å². The smallest absolute Gasteiger partial charge is 0.0781 e. The summed E-state index contributed by atoms with van der Waals surface area (Å²) in [6.45, 7) is 3.04. The van der Waals surface area contributed by atoms with Crippen molar-refractivity contribution in [1.29, 1.82) is 0 Å². The van der Waals surface area contributed by atoms with E-state index in [1.54, 1.807) is 6.07 Å². The van der Waals surface area contributed by atoms with Crippen molar-refractivity contribution in [3.63, 3.8) is 0 Å². The van der Waals surface area contributed by atoms with Gasteiger partial charge in [0.25, 0.3) is 0 Å². The van der Waals surface area contributed by atoms with Crippen LogP contribution in [0.5, 0.6) is 0 Å². The van der Waals surface area contributed by atoms with Gasteiger partial charge in [0.05, 0.1) is 15.1 Å². The van der Waals surface area contributed by atoms with Crippen LogP contribution < -0.4 is 5.32 Å². The molecule has 0 aliphatic rings. The van der Waals surface area contributed by atoms with E-state index in [2.05, 4.69) is 18.5 Å². The van der Waals surface area contributed by atoms with Gasteiger partial charge in [-0.15, -0.1) is 0 Å². The maximum absolute atomic E-state index is 6.17. The zero-order valence-electron chi connectivity index (χ0n) is 9.90. The Balaban J connectivity index is 2.63. The summed E-state index contributed by atoms with van der Waals surface area (Å²) in [7, 11) is 0. The first-order valence-corrected chi connectivity index (χ1v) is 7.96. The Hall–Kier alpha value is 0.400. The van der Waals surface area contributed by atoms with E-state index in [-0.39, 0.29) is 6.04 Å². The van der Waals surface area contributed by atoms with Gasteiger partial charge >= 0.3 is 0 Å². The summed E-state index contributed by atoms with van der Waals surface area (Å²) < 4.78 is 0. The second-order valence-electron chi connectivity index (χ2n) is 3.79.